The van der Waals surface area contributed by atoms with Crippen molar-refractivity contribution in [2.75, 3.05) is 4.90 Å². The van der Waals surface area contributed by atoms with Crippen molar-refractivity contribution in [3.05, 3.63) is 86.5 Å². The predicted molar refractivity (Wildman–Crippen MR) is 113 cm³/mol. The number of rotatable bonds is 3. The Morgan fingerprint density at radius 2 is 1.08 bits per heavy atom. The Kier molecular flexibility index (Phi) is 4.95. The third kappa shape index (κ3) is 3.48. The van der Waals surface area contributed by atoms with Crippen LogP contribution in [0.5, 0.6) is 0 Å². The van der Waals surface area contributed by atoms with Crippen LogP contribution in [0.4, 0.5) is 17.1 Å². The fourth-order valence-corrected chi connectivity index (χ4v) is 3.47. The molecular formula is C22H22IN. The van der Waals surface area contributed by atoms with E-state index in [0.29, 0.717) is 0 Å². The highest BCUT2D eigenvalue weighted by molar-refractivity contribution is 14.1. The first-order chi connectivity index (χ1) is 11.5. The first kappa shape index (κ1) is 17.0. The summed E-state index contributed by atoms with van der Waals surface area (Å²) in [4.78, 5) is 2.36. The van der Waals surface area contributed by atoms with Crippen LogP contribution in [-0.4, -0.2) is 0 Å². The maximum atomic E-state index is 2.36. The smallest absolute Gasteiger partial charge is 0.0491 e. The van der Waals surface area contributed by atoms with Crippen LogP contribution in [0, 0.1) is 31.3 Å². The second-order valence-electron chi connectivity index (χ2n) is 6.39. The Bertz CT molecular complexity index is 814. The molecule has 0 bridgehead atoms. The lowest BCUT2D eigenvalue weighted by molar-refractivity contribution is 1.21. The fourth-order valence-electron chi connectivity index (χ4n) is 3.11. The summed E-state index contributed by atoms with van der Waals surface area (Å²) in [5.41, 5.74) is 8.80. The second kappa shape index (κ2) is 6.98. The predicted octanol–water partition coefficient (Wildman–Crippen LogP) is 6.99. The van der Waals surface area contributed by atoms with Gasteiger partial charge in [-0.3, -0.25) is 0 Å². The molecule has 0 fully saturated rings. The Hall–Kier alpha value is -1.81. The molecule has 3 aromatic carbocycles. The zero-order valence-electron chi connectivity index (χ0n) is 14.6. The number of benzene rings is 3. The van der Waals surface area contributed by atoms with E-state index in [1.165, 1.54) is 42.9 Å². The lowest BCUT2D eigenvalue weighted by Crippen LogP contribution is -2.12. The van der Waals surface area contributed by atoms with Crippen LogP contribution >= 0.6 is 22.6 Å². The molecule has 2 heteroatoms. The summed E-state index contributed by atoms with van der Waals surface area (Å²) in [6.07, 6.45) is 0. The summed E-state index contributed by atoms with van der Waals surface area (Å²) in [6.45, 7) is 8.66. The highest BCUT2D eigenvalue weighted by Gasteiger charge is 2.16. The van der Waals surface area contributed by atoms with Crippen LogP contribution in [0.3, 0.4) is 0 Å². The third-order valence-corrected chi connectivity index (χ3v) is 4.99. The van der Waals surface area contributed by atoms with Crippen LogP contribution < -0.4 is 4.90 Å². The van der Waals surface area contributed by atoms with E-state index in [1.54, 1.807) is 0 Å². The van der Waals surface area contributed by atoms with Crippen molar-refractivity contribution in [1.29, 1.82) is 0 Å². The van der Waals surface area contributed by atoms with Crippen LogP contribution in [0.2, 0.25) is 0 Å². The highest BCUT2D eigenvalue weighted by atomic mass is 127. The van der Waals surface area contributed by atoms with Crippen molar-refractivity contribution in [1.82, 2.24) is 0 Å². The Morgan fingerprint density at radius 1 is 0.625 bits per heavy atom. The van der Waals surface area contributed by atoms with Crippen molar-refractivity contribution in [2.24, 2.45) is 0 Å². The van der Waals surface area contributed by atoms with Gasteiger partial charge in [-0.2, -0.15) is 0 Å². The monoisotopic (exact) mass is 427 g/mol. The van der Waals surface area contributed by atoms with Gasteiger partial charge in [0.05, 0.1) is 0 Å². The molecule has 0 aliphatic carbocycles. The summed E-state index contributed by atoms with van der Waals surface area (Å²) < 4.78 is 1.25. The summed E-state index contributed by atoms with van der Waals surface area (Å²) in [5, 5.41) is 0. The van der Waals surface area contributed by atoms with E-state index in [4.69, 9.17) is 0 Å². The minimum atomic E-state index is 1.19. The van der Waals surface area contributed by atoms with E-state index in [0.717, 1.165) is 0 Å². The first-order valence-corrected chi connectivity index (χ1v) is 9.24. The SMILES string of the molecule is Cc1ccc(N(c2ccc(I)cc2)c2ccc(C)cc2C)c(C)c1. The van der Waals surface area contributed by atoms with Gasteiger partial charge >= 0.3 is 0 Å². The molecule has 0 spiro atoms. The molecule has 0 saturated carbocycles. The van der Waals surface area contributed by atoms with Gasteiger partial charge < -0.3 is 4.90 Å². The largest absolute Gasteiger partial charge is 0.310 e. The topological polar surface area (TPSA) is 3.24 Å². The van der Waals surface area contributed by atoms with Gasteiger partial charge in [-0.1, -0.05) is 35.4 Å². The molecule has 3 aromatic rings. The summed E-state index contributed by atoms with van der Waals surface area (Å²) in [6, 6.07) is 22.0. The number of anilines is 3. The molecule has 122 valence electrons. The molecule has 1 nitrogen and oxygen atoms in total. The quantitative estimate of drug-likeness (QED) is 0.407. The molecule has 0 aliphatic heterocycles. The van der Waals surface area contributed by atoms with Gasteiger partial charge in [0, 0.05) is 20.6 Å². The number of hydrogen-bond acceptors (Lipinski definition) is 1. The standard InChI is InChI=1S/C22H22IN/c1-15-5-11-21(17(3)13-15)24(20-9-7-19(23)8-10-20)22-12-6-16(2)14-18(22)4/h5-14H,1-4H3. The molecule has 0 unspecified atom stereocenters. The summed E-state index contributed by atoms with van der Waals surface area (Å²) >= 11 is 2.35. The Morgan fingerprint density at radius 3 is 1.50 bits per heavy atom. The zero-order chi connectivity index (χ0) is 17.3. The van der Waals surface area contributed by atoms with Crippen LogP contribution in [0.1, 0.15) is 22.3 Å². The molecule has 24 heavy (non-hydrogen) atoms. The Labute approximate surface area is 158 Å². The van der Waals surface area contributed by atoms with E-state index >= 15 is 0 Å². The molecule has 0 N–H and O–H groups in total. The molecule has 0 amide bonds. The van der Waals surface area contributed by atoms with Gasteiger partial charge in [0.25, 0.3) is 0 Å². The van der Waals surface area contributed by atoms with Gasteiger partial charge in [0.15, 0.2) is 0 Å². The molecular weight excluding hydrogens is 405 g/mol. The van der Waals surface area contributed by atoms with Gasteiger partial charge in [-0.25, -0.2) is 0 Å². The molecule has 0 heterocycles. The average Bonchev–Trinajstić information content (AvgIpc) is 2.53. The normalized spacial score (nSPS) is 10.7. The van der Waals surface area contributed by atoms with Gasteiger partial charge in [-0.05, 0) is 97.8 Å². The summed E-state index contributed by atoms with van der Waals surface area (Å²) in [5.74, 6) is 0. The van der Waals surface area contributed by atoms with Crippen molar-refractivity contribution in [2.45, 2.75) is 27.7 Å². The van der Waals surface area contributed by atoms with Crippen molar-refractivity contribution >= 4 is 39.7 Å². The maximum Gasteiger partial charge on any atom is 0.0491 e. The first-order valence-electron chi connectivity index (χ1n) is 8.16. The van der Waals surface area contributed by atoms with E-state index in [9.17, 15) is 0 Å². The van der Waals surface area contributed by atoms with E-state index in [2.05, 4.69) is 116 Å². The van der Waals surface area contributed by atoms with Crippen molar-refractivity contribution in [3.8, 4) is 0 Å². The minimum absolute atomic E-state index is 1.19. The van der Waals surface area contributed by atoms with Gasteiger partial charge in [0.2, 0.25) is 0 Å². The van der Waals surface area contributed by atoms with Crippen molar-refractivity contribution in [3.63, 3.8) is 0 Å². The van der Waals surface area contributed by atoms with Gasteiger partial charge in [0.1, 0.15) is 0 Å². The molecule has 0 aliphatic rings. The molecule has 0 aromatic heterocycles. The third-order valence-electron chi connectivity index (χ3n) is 4.27. The van der Waals surface area contributed by atoms with Crippen molar-refractivity contribution < 1.29 is 0 Å². The summed E-state index contributed by atoms with van der Waals surface area (Å²) in [7, 11) is 0. The molecule has 0 saturated heterocycles. The Balaban J connectivity index is 2.22. The zero-order valence-corrected chi connectivity index (χ0v) is 16.8. The number of hydrogen-bond donors (Lipinski definition) is 0. The van der Waals surface area contributed by atoms with E-state index < -0.39 is 0 Å². The fraction of sp³-hybridized carbons (Fsp3) is 0.182. The highest BCUT2D eigenvalue weighted by Crippen LogP contribution is 2.38. The van der Waals surface area contributed by atoms with E-state index in [-0.39, 0.29) is 0 Å². The van der Waals surface area contributed by atoms with Crippen LogP contribution in [-0.2, 0) is 0 Å². The number of nitrogens with zero attached hydrogens (tertiary/aromatic N) is 1. The van der Waals surface area contributed by atoms with Crippen LogP contribution in [0.15, 0.2) is 60.7 Å². The number of halogens is 1. The molecule has 0 atom stereocenters. The number of aryl methyl sites for hydroxylation is 4. The maximum absolute atomic E-state index is 2.36. The molecule has 3 rings (SSSR count). The lowest BCUT2D eigenvalue weighted by Gasteiger charge is -2.29. The second-order valence-corrected chi connectivity index (χ2v) is 7.64. The van der Waals surface area contributed by atoms with Gasteiger partial charge in [-0.15, -0.1) is 0 Å². The van der Waals surface area contributed by atoms with Crippen LogP contribution in [0.25, 0.3) is 0 Å². The molecule has 0 radical (unpaired) electrons. The van der Waals surface area contributed by atoms with E-state index in [1.807, 2.05) is 0 Å². The lowest BCUT2D eigenvalue weighted by atomic mass is 10.0. The minimum Gasteiger partial charge on any atom is -0.310 e. The average molecular weight is 427 g/mol.